The average Bonchev–Trinajstić information content (AvgIpc) is 2.70. The van der Waals surface area contributed by atoms with Crippen LogP contribution in [0.4, 0.5) is 0 Å². The number of fused-ring (bicyclic) bond motifs is 3. The van der Waals surface area contributed by atoms with E-state index in [1.165, 1.54) is 11.8 Å². The van der Waals surface area contributed by atoms with Crippen molar-refractivity contribution in [3.63, 3.8) is 0 Å². The van der Waals surface area contributed by atoms with Gasteiger partial charge in [-0.3, -0.25) is 0 Å². The molecule has 18 heavy (non-hydrogen) atoms. The van der Waals surface area contributed by atoms with Crippen molar-refractivity contribution in [3.8, 4) is 0 Å². The number of aromatic nitrogens is 5. The van der Waals surface area contributed by atoms with Gasteiger partial charge in [-0.1, -0.05) is 25.6 Å². The van der Waals surface area contributed by atoms with Crippen LogP contribution in [-0.4, -0.2) is 36.2 Å². The largest absolute Gasteiger partial charge is 0.506 e. The molecule has 2 aromatic rings. The van der Waals surface area contributed by atoms with E-state index in [0.717, 1.165) is 12.1 Å². The topological polar surface area (TPSA) is 76.2 Å². The van der Waals surface area contributed by atoms with Crippen LogP contribution in [0, 0.1) is 5.41 Å². The molecule has 1 aliphatic carbocycles. The molecule has 0 spiro atoms. The lowest BCUT2D eigenvalue weighted by atomic mass is 9.82. The van der Waals surface area contributed by atoms with E-state index in [-0.39, 0.29) is 11.2 Å². The summed E-state index contributed by atoms with van der Waals surface area (Å²) < 4.78 is 1.68. The van der Waals surface area contributed by atoms with Crippen LogP contribution in [0.2, 0.25) is 0 Å². The smallest absolute Gasteiger partial charge is 0.272 e. The average molecular weight is 263 g/mol. The van der Waals surface area contributed by atoms with Gasteiger partial charge in [0.1, 0.15) is 11.5 Å². The summed E-state index contributed by atoms with van der Waals surface area (Å²) in [6.07, 6.45) is 4.47. The zero-order chi connectivity index (χ0) is 12.9. The second-order valence-corrected chi connectivity index (χ2v) is 5.77. The van der Waals surface area contributed by atoms with Crippen molar-refractivity contribution in [2.24, 2.45) is 5.41 Å². The predicted octanol–water partition coefficient (Wildman–Crippen LogP) is 1.72. The lowest BCUT2D eigenvalue weighted by Gasteiger charge is -2.26. The lowest BCUT2D eigenvalue weighted by molar-refractivity contribution is 0.417. The van der Waals surface area contributed by atoms with Gasteiger partial charge in [-0.05, 0) is 17.7 Å². The summed E-state index contributed by atoms with van der Waals surface area (Å²) in [5.74, 6) is 0.639. The number of aliphatic hydroxyl groups excluding tert-OH is 1. The molecule has 6 nitrogen and oxygen atoms in total. The molecule has 0 saturated heterocycles. The molecule has 3 rings (SSSR count). The Kier molecular flexibility index (Phi) is 2.34. The molecule has 0 aromatic carbocycles. The first-order chi connectivity index (χ1) is 8.50. The monoisotopic (exact) mass is 263 g/mol. The molecule has 0 amide bonds. The number of hydrogen-bond donors (Lipinski definition) is 1. The normalized spacial score (nSPS) is 17.6. The minimum atomic E-state index is -0.126. The Morgan fingerprint density at radius 1 is 1.39 bits per heavy atom. The van der Waals surface area contributed by atoms with Crippen LogP contribution in [0.3, 0.4) is 0 Å². The molecule has 7 heteroatoms. The predicted molar refractivity (Wildman–Crippen MR) is 68.4 cm³/mol. The number of thioether (sulfide) groups is 1. The number of hydrogen-bond acceptors (Lipinski definition) is 6. The van der Waals surface area contributed by atoms with E-state index in [0.29, 0.717) is 16.6 Å². The van der Waals surface area contributed by atoms with Gasteiger partial charge >= 0.3 is 0 Å². The molecule has 0 bridgehead atoms. The van der Waals surface area contributed by atoms with Crippen molar-refractivity contribution in [1.29, 1.82) is 0 Å². The van der Waals surface area contributed by atoms with Crippen molar-refractivity contribution in [1.82, 2.24) is 24.8 Å². The highest BCUT2D eigenvalue weighted by atomic mass is 32.2. The second-order valence-electron chi connectivity index (χ2n) is 5.00. The molecule has 2 heterocycles. The summed E-state index contributed by atoms with van der Waals surface area (Å²) in [6.45, 7) is 4.12. The van der Waals surface area contributed by atoms with Crippen LogP contribution < -0.4 is 0 Å². The number of allylic oxidation sites excluding steroid dienone is 1. The van der Waals surface area contributed by atoms with E-state index >= 15 is 0 Å². The quantitative estimate of drug-likeness (QED) is 0.789. The lowest BCUT2D eigenvalue weighted by Crippen LogP contribution is -2.23. The fraction of sp³-hybridized carbons (Fsp3) is 0.455. The van der Waals surface area contributed by atoms with E-state index in [9.17, 15) is 5.11 Å². The Balaban J connectivity index is 2.29. The summed E-state index contributed by atoms with van der Waals surface area (Å²) >= 11 is 1.46. The summed E-state index contributed by atoms with van der Waals surface area (Å²) in [6, 6.07) is 0. The van der Waals surface area contributed by atoms with E-state index in [1.54, 1.807) is 4.52 Å². The van der Waals surface area contributed by atoms with E-state index in [1.807, 2.05) is 12.3 Å². The van der Waals surface area contributed by atoms with Gasteiger partial charge in [0.05, 0.1) is 5.69 Å². The highest BCUT2D eigenvalue weighted by Crippen LogP contribution is 2.33. The van der Waals surface area contributed by atoms with Crippen LogP contribution in [0.25, 0.3) is 11.5 Å². The first-order valence-electron chi connectivity index (χ1n) is 5.59. The molecule has 0 radical (unpaired) electrons. The number of aliphatic hydroxyl groups is 1. The van der Waals surface area contributed by atoms with Gasteiger partial charge in [0, 0.05) is 6.42 Å². The first-order valence-corrected chi connectivity index (χ1v) is 6.81. The summed E-state index contributed by atoms with van der Waals surface area (Å²) in [5.41, 5.74) is 1.23. The highest BCUT2D eigenvalue weighted by molar-refractivity contribution is 7.98. The third-order valence-electron chi connectivity index (χ3n) is 2.91. The molecule has 1 N–H and O–H groups in total. The molecule has 94 valence electrons. The molecule has 0 saturated carbocycles. The minimum absolute atomic E-state index is 0.126. The SMILES string of the molecule is CSc1nc2nnc3c(n2n1)CC(C)(C)C=C3O. The van der Waals surface area contributed by atoms with Gasteiger partial charge in [-0.2, -0.15) is 9.50 Å². The van der Waals surface area contributed by atoms with E-state index in [2.05, 4.69) is 34.1 Å². The third-order valence-corrected chi connectivity index (χ3v) is 3.45. The summed E-state index contributed by atoms with van der Waals surface area (Å²) in [5, 5.41) is 23.1. The van der Waals surface area contributed by atoms with Crippen molar-refractivity contribution in [2.75, 3.05) is 6.26 Å². The number of rotatable bonds is 1. The van der Waals surface area contributed by atoms with Crippen molar-refractivity contribution in [3.05, 3.63) is 17.5 Å². The maximum absolute atomic E-state index is 10.0. The highest BCUT2D eigenvalue weighted by Gasteiger charge is 2.29. The fourth-order valence-electron chi connectivity index (χ4n) is 2.15. The molecule has 0 unspecified atom stereocenters. The standard InChI is InChI=1S/C11H13N5OS/c1-11(2)4-6-8(7(17)5-11)13-14-9-12-10(18-3)15-16(6)9/h5,17H,4H2,1-3H3. The molecular formula is C11H13N5OS. The molecular weight excluding hydrogens is 250 g/mol. The van der Waals surface area contributed by atoms with Gasteiger partial charge in [-0.15, -0.1) is 15.3 Å². The van der Waals surface area contributed by atoms with Crippen LogP contribution in [0.5, 0.6) is 0 Å². The van der Waals surface area contributed by atoms with E-state index in [4.69, 9.17) is 0 Å². The Hall–Kier alpha value is -1.63. The van der Waals surface area contributed by atoms with Crippen molar-refractivity contribution >= 4 is 23.3 Å². The zero-order valence-corrected chi connectivity index (χ0v) is 11.2. The Labute approximate surface area is 108 Å². The van der Waals surface area contributed by atoms with Crippen LogP contribution >= 0.6 is 11.8 Å². The number of nitrogens with zero attached hydrogens (tertiary/aromatic N) is 5. The second kappa shape index (κ2) is 3.68. The molecule has 1 aliphatic rings. The Morgan fingerprint density at radius 2 is 2.17 bits per heavy atom. The maximum Gasteiger partial charge on any atom is 0.272 e. The molecule has 0 fully saturated rings. The van der Waals surface area contributed by atoms with Crippen molar-refractivity contribution in [2.45, 2.75) is 25.4 Å². The Bertz CT molecular complexity index is 661. The first kappa shape index (κ1) is 11.5. The van der Waals surface area contributed by atoms with Crippen LogP contribution in [0.15, 0.2) is 11.2 Å². The summed E-state index contributed by atoms with van der Waals surface area (Å²) in [4.78, 5) is 4.25. The van der Waals surface area contributed by atoms with Gasteiger partial charge in [-0.25, -0.2) is 0 Å². The summed E-state index contributed by atoms with van der Waals surface area (Å²) in [7, 11) is 0. The van der Waals surface area contributed by atoms with Crippen LogP contribution in [0.1, 0.15) is 25.2 Å². The maximum atomic E-state index is 10.0. The molecule has 2 aromatic heterocycles. The van der Waals surface area contributed by atoms with Gasteiger partial charge in [0.25, 0.3) is 5.78 Å². The van der Waals surface area contributed by atoms with Gasteiger partial charge in [0.15, 0.2) is 0 Å². The van der Waals surface area contributed by atoms with Crippen molar-refractivity contribution < 1.29 is 5.11 Å². The zero-order valence-electron chi connectivity index (χ0n) is 10.4. The Morgan fingerprint density at radius 3 is 2.89 bits per heavy atom. The minimum Gasteiger partial charge on any atom is -0.506 e. The van der Waals surface area contributed by atoms with E-state index < -0.39 is 0 Å². The van der Waals surface area contributed by atoms with Crippen LogP contribution in [-0.2, 0) is 6.42 Å². The third kappa shape index (κ3) is 1.66. The fourth-order valence-corrected chi connectivity index (χ4v) is 2.49. The van der Waals surface area contributed by atoms with Gasteiger partial charge < -0.3 is 5.11 Å². The molecule has 0 atom stereocenters. The van der Waals surface area contributed by atoms with Gasteiger partial charge in [0.2, 0.25) is 5.16 Å². The molecule has 0 aliphatic heterocycles.